The van der Waals surface area contributed by atoms with Gasteiger partial charge in [0.1, 0.15) is 0 Å². The largest absolute Gasteiger partial charge is 0.348 e. The number of carbonyl (C=O) groups is 1. The van der Waals surface area contributed by atoms with E-state index in [2.05, 4.69) is 29.3 Å². The lowest BCUT2D eigenvalue weighted by Crippen LogP contribution is -2.49. The number of piperidine rings is 1. The smallest absolute Gasteiger partial charge is 0.276 e. The molecule has 6 heteroatoms. The SMILES string of the molecule is CCCn1nc(C(=O)NC2CC3CCC(C2)N3C)c(=O)c2c(C)cccc21. The summed E-state index contributed by atoms with van der Waals surface area (Å²) in [7, 11) is 2.18. The predicted molar refractivity (Wildman–Crippen MR) is 106 cm³/mol. The number of carbonyl (C=O) groups excluding carboxylic acids is 1. The van der Waals surface area contributed by atoms with Crippen LogP contribution in [0.5, 0.6) is 0 Å². The molecule has 0 spiro atoms. The van der Waals surface area contributed by atoms with E-state index in [0.29, 0.717) is 24.0 Å². The van der Waals surface area contributed by atoms with Gasteiger partial charge in [0.05, 0.1) is 10.9 Å². The molecule has 0 saturated carbocycles. The molecule has 1 N–H and O–H groups in total. The lowest BCUT2D eigenvalue weighted by molar-refractivity contribution is 0.0874. The molecule has 2 saturated heterocycles. The van der Waals surface area contributed by atoms with Gasteiger partial charge in [0.25, 0.3) is 5.91 Å². The number of nitrogens with one attached hydrogen (secondary N) is 1. The zero-order valence-electron chi connectivity index (χ0n) is 16.4. The maximum atomic E-state index is 13.0. The number of benzene rings is 1. The zero-order chi connectivity index (χ0) is 19.1. The van der Waals surface area contributed by atoms with Gasteiger partial charge in [-0.15, -0.1) is 0 Å². The van der Waals surface area contributed by atoms with Crippen LogP contribution in [0.2, 0.25) is 0 Å². The van der Waals surface area contributed by atoms with Crippen LogP contribution in [0.3, 0.4) is 0 Å². The zero-order valence-corrected chi connectivity index (χ0v) is 16.4. The lowest BCUT2D eigenvalue weighted by atomic mass is 9.98. The van der Waals surface area contributed by atoms with Gasteiger partial charge in [-0.3, -0.25) is 14.3 Å². The van der Waals surface area contributed by atoms with Crippen LogP contribution in [-0.4, -0.2) is 45.8 Å². The van der Waals surface area contributed by atoms with Crippen LogP contribution >= 0.6 is 0 Å². The molecule has 6 nitrogen and oxygen atoms in total. The van der Waals surface area contributed by atoms with Gasteiger partial charge in [-0.05, 0) is 57.7 Å². The molecule has 144 valence electrons. The third-order valence-corrected chi connectivity index (χ3v) is 6.28. The highest BCUT2D eigenvalue weighted by atomic mass is 16.2. The summed E-state index contributed by atoms with van der Waals surface area (Å²) < 4.78 is 1.80. The maximum absolute atomic E-state index is 13.0. The fraction of sp³-hybridized carbons (Fsp3) is 0.571. The van der Waals surface area contributed by atoms with Crippen LogP contribution in [0.15, 0.2) is 23.0 Å². The third-order valence-electron chi connectivity index (χ3n) is 6.28. The molecule has 2 aliphatic rings. The molecule has 2 unspecified atom stereocenters. The van der Waals surface area contributed by atoms with E-state index < -0.39 is 0 Å². The Kier molecular flexibility index (Phi) is 4.76. The van der Waals surface area contributed by atoms with Crippen LogP contribution in [0.25, 0.3) is 10.9 Å². The Morgan fingerprint density at radius 3 is 2.63 bits per heavy atom. The van der Waals surface area contributed by atoms with Gasteiger partial charge in [0.15, 0.2) is 5.69 Å². The van der Waals surface area contributed by atoms with Crippen molar-refractivity contribution < 1.29 is 4.79 Å². The number of rotatable bonds is 4. The average molecular weight is 368 g/mol. The Balaban J connectivity index is 1.67. The van der Waals surface area contributed by atoms with Gasteiger partial charge < -0.3 is 10.2 Å². The molecule has 2 fully saturated rings. The first-order chi connectivity index (χ1) is 13.0. The van der Waals surface area contributed by atoms with E-state index in [4.69, 9.17) is 0 Å². The van der Waals surface area contributed by atoms with Crippen LogP contribution in [-0.2, 0) is 6.54 Å². The van der Waals surface area contributed by atoms with Gasteiger partial charge in [-0.2, -0.15) is 5.10 Å². The van der Waals surface area contributed by atoms with Crippen LogP contribution in [0.1, 0.15) is 55.1 Å². The normalized spacial score (nSPS) is 25.1. The second-order valence-corrected chi connectivity index (χ2v) is 8.06. The van der Waals surface area contributed by atoms with Gasteiger partial charge in [-0.25, -0.2) is 0 Å². The Bertz CT molecular complexity index is 922. The van der Waals surface area contributed by atoms with E-state index in [9.17, 15) is 9.59 Å². The summed E-state index contributed by atoms with van der Waals surface area (Å²) in [4.78, 5) is 28.4. The predicted octanol–water partition coefficient (Wildman–Crippen LogP) is 2.47. The fourth-order valence-corrected chi connectivity index (χ4v) is 4.82. The molecule has 2 bridgehead atoms. The minimum absolute atomic E-state index is 0.0246. The lowest BCUT2D eigenvalue weighted by Gasteiger charge is -2.36. The molecule has 1 amide bonds. The summed E-state index contributed by atoms with van der Waals surface area (Å²) >= 11 is 0. The van der Waals surface area contributed by atoms with Crippen molar-refractivity contribution in [3.63, 3.8) is 0 Å². The number of nitrogens with zero attached hydrogens (tertiary/aromatic N) is 3. The monoisotopic (exact) mass is 368 g/mol. The van der Waals surface area contributed by atoms with E-state index in [1.807, 2.05) is 25.1 Å². The number of aromatic nitrogens is 2. The average Bonchev–Trinajstić information content (AvgIpc) is 2.85. The molecular formula is C21H28N4O2. The molecular weight excluding hydrogens is 340 g/mol. The molecule has 1 aromatic carbocycles. The van der Waals surface area contributed by atoms with Crippen molar-refractivity contribution in [3.8, 4) is 0 Å². The van der Waals surface area contributed by atoms with Gasteiger partial charge in [0, 0.05) is 24.7 Å². The Hall–Kier alpha value is -2.21. The second-order valence-electron chi connectivity index (χ2n) is 8.06. The van der Waals surface area contributed by atoms with Crippen molar-refractivity contribution in [2.45, 2.75) is 70.6 Å². The van der Waals surface area contributed by atoms with Crippen LogP contribution in [0.4, 0.5) is 0 Å². The summed E-state index contributed by atoms with van der Waals surface area (Å²) in [5.74, 6) is -0.330. The van der Waals surface area contributed by atoms with Crippen molar-refractivity contribution in [1.82, 2.24) is 20.0 Å². The van der Waals surface area contributed by atoms with E-state index in [0.717, 1.165) is 30.3 Å². The number of fused-ring (bicyclic) bond motifs is 3. The molecule has 0 aliphatic carbocycles. The standard InChI is InChI=1S/C21H28N4O2/c1-4-10-25-17-7-5-6-13(2)18(17)20(26)19(23-25)21(27)22-14-11-15-8-9-16(12-14)24(15)3/h5-7,14-16H,4,8-12H2,1-3H3,(H,22,27). The minimum atomic E-state index is -0.330. The van der Waals surface area contributed by atoms with Crippen molar-refractivity contribution in [2.24, 2.45) is 0 Å². The molecule has 4 rings (SSSR count). The van der Waals surface area contributed by atoms with Crippen molar-refractivity contribution in [2.75, 3.05) is 7.05 Å². The summed E-state index contributed by atoms with van der Waals surface area (Å²) in [6.07, 6.45) is 5.19. The molecule has 2 aromatic rings. The van der Waals surface area contributed by atoms with E-state index >= 15 is 0 Å². The van der Waals surface area contributed by atoms with Gasteiger partial charge in [-0.1, -0.05) is 19.1 Å². The summed E-state index contributed by atoms with van der Waals surface area (Å²) in [6, 6.07) is 6.95. The molecule has 2 aliphatic heterocycles. The maximum Gasteiger partial charge on any atom is 0.276 e. The highest BCUT2D eigenvalue weighted by Crippen LogP contribution is 2.34. The summed E-state index contributed by atoms with van der Waals surface area (Å²) in [5.41, 5.74) is 1.45. The van der Waals surface area contributed by atoms with Crippen molar-refractivity contribution in [1.29, 1.82) is 0 Å². The highest BCUT2D eigenvalue weighted by Gasteiger charge is 2.39. The first kappa shape index (κ1) is 18.2. The quantitative estimate of drug-likeness (QED) is 0.900. The van der Waals surface area contributed by atoms with Gasteiger partial charge >= 0.3 is 0 Å². The molecule has 0 radical (unpaired) electrons. The molecule has 27 heavy (non-hydrogen) atoms. The highest BCUT2D eigenvalue weighted by molar-refractivity contribution is 5.96. The summed E-state index contributed by atoms with van der Waals surface area (Å²) in [5, 5.41) is 8.16. The first-order valence-corrected chi connectivity index (χ1v) is 10.0. The molecule has 2 atom stereocenters. The van der Waals surface area contributed by atoms with Crippen molar-refractivity contribution >= 4 is 16.8 Å². The molecule has 1 aromatic heterocycles. The topological polar surface area (TPSA) is 67.2 Å². The summed E-state index contributed by atoms with van der Waals surface area (Å²) in [6.45, 7) is 4.66. The van der Waals surface area contributed by atoms with Gasteiger partial charge in [0.2, 0.25) is 5.43 Å². The number of aryl methyl sites for hydroxylation is 2. The van der Waals surface area contributed by atoms with Crippen LogP contribution in [0, 0.1) is 6.92 Å². The second kappa shape index (κ2) is 7.08. The number of hydrogen-bond acceptors (Lipinski definition) is 4. The number of amides is 1. The van der Waals surface area contributed by atoms with Crippen molar-refractivity contribution in [3.05, 3.63) is 39.7 Å². The number of hydrogen-bond donors (Lipinski definition) is 1. The first-order valence-electron chi connectivity index (χ1n) is 10.0. The van der Waals surface area contributed by atoms with E-state index in [1.165, 1.54) is 12.8 Å². The third kappa shape index (κ3) is 3.16. The Morgan fingerprint density at radius 2 is 1.96 bits per heavy atom. The Morgan fingerprint density at radius 1 is 1.26 bits per heavy atom. The fourth-order valence-electron chi connectivity index (χ4n) is 4.82. The molecule has 3 heterocycles. The Labute approximate surface area is 159 Å². The van der Waals surface area contributed by atoms with E-state index in [-0.39, 0.29) is 23.1 Å². The van der Waals surface area contributed by atoms with Crippen LogP contribution < -0.4 is 10.7 Å². The minimum Gasteiger partial charge on any atom is -0.348 e. The van der Waals surface area contributed by atoms with E-state index in [1.54, 1.807) is 4.68 Å².